The van der Waals surface area contributed by atoms with E-state index in [1.54, 1.807) is 13.8 Å². The third-order valence-corrected chi connectivity index (χ3v) is 2.47. The Balaban J connectivity index is 2.74. The fourth-order valence-electron chi connectivity index (χ4n) is 1.50. The summed E-state index contributed by atoms with van der Waals surface area (Å²) in [5.74, 6) is -0.848. The van der Waals surface area contributed by atoms with Gasteiger partial charge in [-0.15, -0.1) is 0 Å². The van der Waals surface area contributed by atoms with Gasteiger partial charge in [0.1, 0.15) is 11.6 Å². The Labute approximate surface area is 111 Å². The zero-order valence-corrected chi connectivity index (χ0v) is 11.5. The van der Waals surface area contributed by atoms with Crippen LogP contribution in [-0.4, -0.2) is 28.9 Å². The van der Waals surface area contributed by atoms with E-state index in [4.69, 9.17) is 0 Å². The Hall–Kier alpha value is -2.11. The highest BCUT2D eigenvalue weighted by molar-refractivity contribution is 5.97. The van der Waals surface area contributed by atoms with Crippen LogP contribution in [0.3, 0.4) is 0 Å². The Kier molecular flexibility index (Phi) is 4.86. The first kappa shape index (κ1) is 14.9. The largest absolute Gasteiger partial charge is 0.364 e. The molecule has 2 amide bonds. The summed E-state index contributed by atoms with van der Waals surface area (Å²) in [5, 5.41) is 5.17. The van der Waals surface area contributed by atoms with E-state index >= 15 is 0 Å². The van der Waals surface area contributed by atoms with Gasteiger partial charge in [-0.2, -0.15) is 0 Å². The Morgan fingerprint density at radius 1 is 1.21 bits per heavy atom. The molecule has 0 spiro atoms. The van der Waals surface area contributed by atoms with Crippen LogP contribution in [0.4, 0.5) is 0 Å². The number of amides is 2. The number of hydrogen-bond donors (Lipinski definition) is 3. The molecule has 6 heteroatoms. The minimum Gasteiger partial charge on any atom is -0.364 e. The summed E-state index contributed by atoms with van der Waals surface area (Å²) in [6.45, 7) is 6.95. The first-order valence-corrected chi connectivity index (χ1v) is 6.12. The second kappa shape index (κ2) is 6.17. The third kappa shape index (κ3) is 4.24. The number of aromatic amines is 1. The standard InChI is InChI=1S/C13H19N3O3/c1-7(2)15-12(18)9(4)16-13(19)10-6-14-8(3)5-11(10)17/h5-7,9H,1-4H3,(H,14,17)(H,15,18)(H,16,19). The molecule has 0 saturated carbocycles. The number of aryl methyl sites for hydroxylation is 1. The number of carbonyl (C=O) groups excluding carboxylic acids is 2. The minimum absolute atomic E-state index is 0.00482. The first-order valence-electron chi connectivity index (χ1n) is 6.12. The molecule has 1 aromatic heterocycles. The van der Waals surface area contributed by atoms with Gasteiger partial charge in [-0.1, -0.05) is 0 Å². The quantitative estimate of drug-likeness (QED) is 0.732. The highest BCUT2D eigenvalue weighted by Crippen LogP contribution is 1.94. The SMILES string of the molecule is Cc1cc(=O)c(C(=O)NC(C)C(=O)NC(C)C)c[nH]1. The van der Waals surface area contributed by atoms with Crippen LogP contribution in [0, 0.1) is 6.92 Å². The van der Waals surface area contributed by atoms with E-state index in [0.29, 0.717) is 5.69 Å². The van der Waals surface area contributed by atoms with E-state index in [9.17, 15) is 14.4 Å². The van der Waals surface area contributed by atoms with Crippen molar-refractivity contribution in [1.29, 1.82) is 0 Å². The molecule has 1 unspecified atom stereocenters. The van der Waals surface area contributed by atoms with Crippen molar-refractivity contribution < 1.29 is 9.59 Å². The molecule has 1 heterocycles. The number of nitrogens with one attached hydrogen (secondary N) is 3. The maximum absolute atomic E-state index is 11.9. The van der Waals surface area contributed by atoms with Crippen LogP contribution in [-0.2, 0) is 4.79 Å². The van der Waals surface area contributed by atoms with Gasteiger partial charge in [-0.25, -0.2) is 0 Å². The van der Waals surface area contributed by atoms with Gasteiger partial charge >= 0.3 is 0 Å². The van der Waals surface area contributed by atoms with Gasteiger partial charge in [0, 0.05) is 24.0 Å². The molecule has 0 aliphatic carbocycles. The van der Waals surface area contributed by atoms with E-state index < -0.39 is 11.9 Å². The van der Waals surface area contributed by atoms with Crippen molar-refractivity contribution in [2.45, 2.75) is 39.8 Å². The molecule has 3 N–H and O–H groups in total. The summed E-state index contributed by atoms with van der Waals surface area (Å²) in [5.41, 5.74) is 0.298. The summed E-state index contributed by atoms with van der Waals surface area (Å²) in [7, 11) is 0. The van der Waals surface area contributed by atoms with Crippen molar-refractivity contribution in [1.82, 2.24) is 15.6 Å². The molecule has 0 fully saturated rings. The van der Waals surface area contributed by atoms with Crippen LogP contribution in [0.25, 0.3) is 0 Å². The third-order valence-electron chi connectivity index (χ3n) is 2.47. The van der Waals surface area contributed by atoms with Crippen LogP contribution < -0.4 is 16.1 Å². The molecule has 19 heavy (non-hydrogen) atoms. The van der Waals surface area contributed by atoms with Gasteiger partial charge in [0.15, 0.2) is 5.43 Å². The van der Waals surface area contributed by atoms with Crippen LogP contribution in [0.15, 0.2) is 17.1 Å². The monoisotopic (exact) mass is 265 g/mol. The molecule has 0 bridgehead atoms. The van der Waals surface area contributed by atoms with E-state index in [2.05, 4.69) is 15.6 Å². The minimum atomic E-state index is -0.699. The number of pyridine rings is 1. The lowest BCUT2D eigenvalue weighted by Gasteiger charge is -2.15. The average Bonchev–Trinajstić information content (AvgIpc) is 2.27. The Morgan fingerprint density at radius 3 is 2.37 bits per heavy atom. The fourth-order valence-corrected chi connectivity index (χ4v) is 1.50. The molecular weight excluding hydrogens is 246 g/mol. The van der Waals surface area contributed by atoms with E-state index in [1.165, 1.54) is 12.3 Å². The van der Waals surface area contributed by atoms with Crippen molar-refractivity contribution in [3.8, 4) is 0 Å². The highest BCUT2D eigenvalue weighted by atomic mass is 16.2. The summed E-state index contributed by atoms with van der Waals surface area (Å²) in [4.78, 5) is 37.9. The molecule has 0 radical (unpaired) electrons. The zero-order chi connectivity index (χ0) is 14.6. The molecule has 1 rings (SSSR count). The van der Waals surface area contributed by atoms with E-state index in [-0.39, 0.29) is 22.9 Å². The Morgan fingerprint density at radius 2 is 1.84 bits per heavy atom. The lowest BCUT2D eigenvalue weighted by atomic mass is 10.2. The van der Waals surface area contributed by atoms with Crippen molar-refractivity contribution >= 4 is 11.8 Å². The van der Waals surface area contributed by atoms with E-state index in [1.807, 2.05) is 13.8 Å². The molecule has 0 aliphatic heterocycles. The number of rotatable bonds is 4. The van der Waals surface area contributed by atoms with Crippen LogP contribution in [0.2, 0.25) is 0 Å². The molecule has 104 valence electrons. The number of carbonyl (C=O) groups is 2. The van der Waals surface area contributed by atoms with Crippen molar-refractivity contribution in [3.63, 3.8) is 0 Å². The smallest absolute Gasteiger partial charge is 0.257 e. The van der Waals surface area contributed by atoms with Crippen LogP contribution in [0.1, 0.15) is 36.8 Å². The van der Waals surface area contributed by atoms with Crippen molar-refractivity contribution in [2.75, 3.05) is 0 Å². The number of hydrogen-bond acceptors (Lipinski definition) is 3. The molecule has 0 aliphatic rings. The van der Waals surface area contributed by atoms with Crippen molar-refractivity contribution in [3.05, 3.63) is 33.7 Å². The number of aromatic nitrogens is 1. The molecule has 0 saturated heterocycles. The maximum atomic E-state index is 11.9. The molecule has 0 aromatic carbocycles. The molecular formula is C13H19N3O3. The highest BCUT2D eigenvalue weighted by Gasteiger charge is 2.18. The topological polar surface area (TPSA) is 91.1 Å². The summed E-state index contributed by atoms with van der Waals surface area (Å²) < 4.78 is 0. The zero-order valence-electron chi connectivity index (χ0n) is 11.5. The number of H-pyrrole nitrogens is 1. The van der Waals surface area contributed by atoms with Gasteiger partial charge < -0.3 is 15.6 Å². The van der Waals surface area contributed by atoms with Crippen molar-refractivity contribution in [2.24, 2.45) is 0 Å². The maximum Gasteiger partial charge on any atom is 0.257 e. The first-order chi connectivity index (χ1) is 8.81. The Bertz CT molecular complexity index is 534. The lowest BCUT2D eigenvalue weighted by Crippen LogP contribution is -2.47. The fraction of sp³-hybridized carbons (Fsp3) is 0.462. The molecule has 1 aromatic rings. The molecule has 6 nitrogen and oxygen atoms in total. The van der Waals surface area contributed by atoms with Crippen LogP contribution >= 0.6 is 0 Å². The van der Waals surface area contributed by atoms with Gasteiger partial charge in [-0.3, -0.25) is 14.4 Å². The lowest BCUT2D eigenvalue weighted by molar-refractivity contribution is -0.123. The summed E-state index contributed by atoms with van der Waals surface area (Å²) in [6.07, 6.45) is 1.35. The van der Waals surface area contributed by atoms with Gasteiger partial charge in [-0.05, 0) is 27.7 Å². The normalized spacial score (nSPS) is 12.1. The predicted molar refractivity (Wildman–Crippen MR) is 72.0 cm³/mol. The second-order valence-electron chi connectivity index (χ2n) is 4.75. The van der Waals surface area contributed by atoms with Gasteiger partial charge in [0.25, 0.3) is 5.91 Å². The second-order valence-corrected chi connectivity index (χ2v) is 4.75. The molecule has 1 atom stereocenters. The van der Waals surface area contributed by atoms with E-state index in [0.717, 1.165) is 0 Å². The average molecular weight is 265 g/mol. The van der Waals surface area contributed by atoms with Gasteiger partial charge in [0.05, 0.1) is 0 Å². The summed E-state index contributed by atoms with van der Waals surface area (Å²) >= 11 is 0. The predicted octanol–water partition coefficient (Wildman–Crippen LogP) is 0.326. The van der Waals surface area contributed by atoms with Gasteiger partial charge in [0.2, 0.25) is 5.91 Å². The van der Waals surface area contributed by atoms with Crippen LogP contribution in [0.5, 0.6) is 0 Å². The summed E-state index contributed by atoms with van der Waals surface area (Å²) in [6, 6.07) is 0.638.